The molecule has 0 saturated carbocycles. The SMILES string of the molecule is Nc1c(Cl)ccc(S(=O)(=O)NCCOCC(F)(F)F)c1Cl. The molecule has 0 aliphatic heterocycles. The van der Waals surface area contributed by atoms with Gasteiger partial charge in [-0.1, -0.05) is 23.2 Å². The number of alkyl halides is 3. The van der Waals surface area contributed by atoms with E-state index in [1.54, 1.807) is 0 Å². The lowest BCUT2D eigenvalue weighted by Gasteiger charge is -2.11. The molecule has 0 aliphatic carbocycles. The van der Waals surface area contributed by atoms with Crippen molar-refractivity contribution in [3.8, 4) is 0 Å². The Kier molecular flexibility index (Phi) is 6.11. The van der Waals surface area contributed by atoms with E-state index >= 15 is 0 Å². The number of nitrogen functional groups attached to an aromatic ring is 1. The highest BCUT2D eigenvalue weighted by molar-refractivity contribution is 7.89. The van der Waals surface area contributed by atoms with Crippen LogP contribution in [-0.2, 0) is 14.8 Å². The van der Waals surface area contributed by atoms with Crippen LogP contribution < -0.4 is 10.5 Å². The lowest BCUT2D eigenvalue weighted by molar-refractivity contribution is -0.173. The molecule has 0 aromatic heterocycles. The first-order valence-corrected chi connectivity index (χ1v) is 7.66. The number of hydrogen-bond donors (Lipinski definition) is 2. The number of nitrogens with two attached hydrogens (primary N) is 1. The Hall–Kier alpha value is -0.740. The quantitative estimate of drug-likeness (QED) is 0.598. The zero-order valence-corrected chi connectivity index (χ0v) is 12.7. The minimum Gasteiger partial charge on any atom is -0.396 e. The number of ether oxygens (including phenoxy) is 1. The Morgan fingerprint density at radius 2 is 1.90 bits per heavy atom. The van der Waals surface area contributed by atoms with Crippen LogP contribution in [0.4, 0.5) is 18.9 Å². The summed E-state index contributed by atoms with van der Waals surface area (Å²) in [7, 11) is -4.03. The van der Waals surface area contributed by atoms with Crippen LogP contribution in [0.3, 0.4) is 0 Å². The number of rotatable bonds is 6. The van der Waals surface area contributed by atoms with Crippen LogP contribution in [0.15, 0.2) is 17.0 Å². The first-order chi connectivity index (χ1) is 9.54. The summed E-state index contributed by atoms with van der Waals surface area (Å²) in [5.74, 6) is 0. The number of hydrogen-bond acceptors (Lipinski definition) is 4. The van der Waals surface area contributed by atoms with Crippen molar-refractivity contribution in [3.05, 3.63) is 22.2 Å². The second kappa shape index (κ2) is 7.01. The van der Waals surface area contributed by atoms with Gasteiger partial charge in [-0.25, -0.2) is 13.1 Å². The lowest BCUT2D eigenvalue weighted by atomic mass is 10.3. The van der Waals surface area contributed by atoms with E-state index < -0.39 is 29.4 Å². The van der Waals surface area contributed by atoms with E-state index in [0.717, 1.165) is 6.07 Å². The highest BCUT2D eigenvalue weighted by atomic mass is 35.5. The van der Waals surface area contributed by atoms with Gasteiger partial charge in [0.2, 0.25) is 10.0 Å². The molecule has 0 radical (unpaired) electrons. The van der Waals surface area contributed by atoms with Crippen molar-refractivity contribution in [2.45, 2.75) is 11.1 Å². The third kappa shape index (κ3) is 5.51. The van der Waals surface area contributed by atoms with E-state index in [1.807, 2.05) is 4.72 Å². The van der Waals surface area contributed by atoms with Gasteiger partial charge in [-0.05, 0) is 12.1 Å². The average Bonchev–Trinajstić information content (AvgIpc) is 2.33. The molecule has 1 aromatic rings. The van der Waals surface area contributed by atoms with Crippen LogP contribution in [0.5, 0.6) is 0 Å². The maximum Gasteiger partial charge on any atom is 0.411 e. The van der Waals surface area contributed by atoms with Gasteiger partial charge in [0.15, 0.2) is 0 Å². The Morgan fingerprint density at radius 3 is 2.48 bits per heavy atom. The molecule has 0 fully saturated rings. The maximum atomic E-state index is 11.9. The summed E-state index contributed by atoms with van der Waals surface area (Å²) < 4.78 is 65.6. The van der Waals surface area contributed by atoms with Crippen molar-refractivity contribution in [2.24, 2.45) is 0 Å². The molecule has 0 bridgehead atoms. The van der Waals surface area contributed by atoms with Gasteiger partial charge in [0.1, 0.15) is 11.5 Å². The van der Waals surface area contributed by atoms with Crippen molar-refractivity contribution in [2.75, 3.05) is 25.5 Å². The summed E-state index contributed by atoms with van der Waals surface area (Å²) in [6, 6.07) is 2.39. The Bertz CT molecular complexity index is 608. The van der Waals surface area contributed by atoms with Gasteiger partial charge in [0.05, 0.1) is 22.3 Å². The van der Waals surface area contributed by atoms with E-state index in [1.165, 1.54) is 6.07 Å². The van der Waals surface area contributed by atoms with Gasteiger partial charge in [-0.15, -0.1) is 0 Å². The fourth-order valence-corrected chi connectivity index (χ4v) is 3.05. The molecule has 0 aliphatic rings. The molecular weight excluding hydrogens is 356 g/mol. The van der Waals surface area contributed by atoms with Crippen molar-refractivity contribution in [1.82, 2.24) is 4.72 Å². The summed E-state index contributed by atoms with van der Waals surface area (Å²) in [5.41, 5.74) is 5.40. The molecule has 3 N–H and O–H groups in total. The minimum absolute atomic E-state index is 0.0902. The number of benzene rings is 1. The fraction of sp³-hybridized carbons (Fsp3) is 0.400. The molecule has 1 rings (SSSR count). The molecule has 21 heavy (non-hydrogen) atoms. The van der Waals surface area contributed by atoms with Crippen molar-refractivity contribution in [3.63, 3.8) is 0 Å². The van der Waals surface area contributed by atoms with E-state index in [0.29, 0.717) is 0 Å². The normalized spacial score (nSPS) is 12.6. The predicted molar refractivity (Wildman–Crippen MR) is 72.9 cm³/mol. The first-order valence-electron chi connectivity index (χ1n) is 5.42. The second-order valence-electron chi connectivity index (χ2n) is 3.84. The van der Waals surface area contributed by atoms with Crippen molar-refractivity contribution >= 4 is 38.9 Å². The van der Waals surface area contributed by atoms with E-state index in [2.05, 4.69) is 4.74 Å². The summed E-state index contributed by atoms with van der Waals surface area (Å²) in [6.45, 7) is -2.25. The molecule has 0 saturated heterocycles. The molecule has 0 amide bonds. The van der Waals surface area contributed by atoms with Gasteiger partial charge >= 0.3 is 6.18 Å². The smallest absolute Gasteiger partial charge is 0.396 e. The van der Waals surface area contributed by atoms with E-state index in [9.17, 15) is 21.6 Å². The van der Waals surface area contributed by atoms with Gasteiger partial charge < -0.3 is 10.5 Å². The molecule has 0 atom stereocenters. The minimum atomic E-state index is -4.47. The van der Waals surface area contributed by atoms with E-state index in [4.69, 9.17) is 28.9 Å². The van der Waals surface area contributed by atoms with E-state index in [-0.39, 0.29) is 27.2 Å². The Labute approximate surface area is 129 Å². The van der Waals surface area contributed by atoms with Crippen molar-refractivity contribution < 1.29 is 26.3 Å². The molecular formula is C10H11Cl2F3N2O3S. The predicted octanol–water partition coefficient (Wildman–Crippen LogP) is 2.43. The Balaban J connectivity index is 2.65. The number of nitrogens with one attached hydrogen (secondary N) is 1. The largest absolute Gasteiger partial charge is 0.411 e. The van der Waals surface area contributed by atoms with Crippen LogP contribution in [-0.4, -0.2) is 34.4 Å². The molecule has 120 valence electrons. The molecule has 0 heterocycles. The molecule has 5 nitrogen and oxygen atoms in total. The second-order valence-corrected chi connectivity index (χ2v) is 6.36. The molecule has 0 unspecified atom stereocenters. The summed E-state index contributed by atoms with van der Waals surface area (Å²) in [4.78, 5) is -0.318. The third-order valence-electron chi connectivity index (χ3n) is 2.18. The Morgan fingerprint density at radius 1 is 1.29 bits per heavy atom. The van der Waals surface area contributed by atoms with Crippen LogP contribution >= 0.6 is 23.2 Å². The lowest BCUT2D eigenvalue weighted by Crippen LogP contribution is -2.29. The number of halogens is 5. The van der Waals surface area contributed by atoms with Crippen molar-refractivity contribution in [1.29, 1.82) is 0 Å². The number of sulfonamides is 1. The van der Waals surface area contributed by atoms with Gasteiger partial charge in [-0.3, -0.25) is 0 Å². The maximum absolute atomic E-state index is 11.9. The standard InChI is InChI=1S/C10H11Cl2F3N2O3S/c11-6-1-2-7(8(12)9(6)16)21(18,19)17-3-4-20-5-10(13,14)15/h1-2,17H,3-5,16H2. The zero-order valence-electron chi connectivity index (χ0n) is 10.4. The summed E-state index contributed by atoms with van der Waals surface area (Å²) in [5, 5.41) is -0.168. The van der Waals surface area contributed by atoms with Crippen LogP contribution in [0.2, 0.25) is 10.0 Å². The van der Waals surface area contributed by atoms with Gasteiger partial charge in [-0.2, -0.15) is 13.2 Å². The molecule has 11 heteroatoms. The highest BCUT2D eigenvalue weighted by Crippen LogP contribution is 2.32. The average molecular weight is 367 g/mol. The van der Waals surface area contributed by atoms with Crippen LogP contribution in [0.25, 0.3) is 0 Å². The molecule has 1 aromatic carbocycles. The monoisotopic (exact) mass is 366 g/mol. The topological polar surface area (TPSA) is 81.4 Å². The van der Waals surface area contributed by atoms with Crippen LogP contribution in [0.1, 0.15) is 0 Å². The number of anilines is 1. The fourth-order valence-electron chi connectivity index (χ4n) is 1.27. The first kappa shape index (κ1) is 18.3. The molecule has 0 spiro atoms. The zero-order chi connectivity index (χ0) is 16.3. The summed E-state index contributed by atoms with van der Waals surface area (Å²) in [6.07, 6.45) is -4.47. The third-order valence-corrected chi connectivity index (χ3v) is 4.54. The highest BCUT2D eigenvalue weighted by Gasteiger charge is 2.27. The summed E-state index contributed by atoms with van der Waals surface area (Å²) >= 11 is 11.4. The van der Waals surface area contributed by atoms with Gasteiger partial charge in [0, 0.05) is 6.54 Å². The van der Waals surface area contributed by atoms with Gasteiger partial charge in [0.25, 0.3) is 0 Å². The van der Waals surface area contributed by atoms with Crippen LogP contribution in [0, 0.1) is 0 Å².